The zero-order chi connectivity index (χ0) is 16.9. The van der Waals surface area contributed by atoms with Crippen LogP contribution >= 0.6 is 11.6 Å². The van der Waals surface area contributed by atoms with Crippen molar-refractivity contribution in [2.75, 3.05) is 14.2 Å². The van der Waals surface area contributed by atoms with Crippen LogP contribution in [0.4, 0.5) is 0 Å². The maximum absolute atomic E-state index is 6.04. The Kier molecular flexibility index (Phi) is 5.01. The second kappa shape index (κ2) is 7.36. The predicted octanol–water partition coefficient (Wildman–Crippen LogP) is 4.19. The summed E-state index contributed by atoms with van der Waals surface area (Å²) in [6.45, 7) is 0. The van der Waals surface area contributed by atoms with E-state index in [1.807, 2.05) is 24.3 Å². The summed E-state index contributed by atoms with van der Waals surface area (Å²) in [6, 6.07) is 13.2. The van der Waals surface area contributed by atoms with Crippen molar-refractivity contribution >= 4 is 11.6 Å². The van der Waals surface area contributed by atoms with E-state index in [0.717, 1.165) is 12.2 Å². The minimum atomic E-state index is 0.471. The Morgan fingerprint density at radius 1 is 1.00 bits per heavy atom. The molecule has 0 saturated heterocycles. The Hall–Kier alpha value is -2.53. The first-order valence-electron chi connectivity index (χ1n) is 7.49. The molecule has 1 aromatic heterocycles. The maximum atomic E-state index is 6.04. The van der Waals surface area contributed by atoms with Gasteiger partial charge < -0.3 is 14.0 Å². The molecule has 0 aliphatic heterocycles. The van der Waals surface area contributed by atoms with Crippen LogP contribution in [0, 0.1) is 0 Å². The van der Waals surface area contributed by atoms with E-state index >= 15 is 0 Å². The van der Waals surface area contributed by atoms with Crippen molar-refractivity contribution < 1.29 is 14.0 Å². The summed E-state index contributed by atoms with van der Waals surface area (Å²) in [4.78, 5) is 4.44. The van der Waals surface area contributed by atoms with Crippen molar-refractivity contribution in [1.29, 1.82) is 0 Å². The number of aryl methyl sites for hydroxylation is 2. The monoisotopic (exact) mass is 344 g/mol. The second-order valence-corrected chi connectivity index (χ2v) is 5.64. The number of aromatic nitrogens is 2. The summed E-state index contributed by atoms with van der Waals surface area (Å²) in [7, 11) is 3.25. The first-order chi connectivity index (χ1) is 11.7. The molecule has 124 valence electrons. The Morgan fingerprint density at radius 2 is 1.79 bits per heavy atom. The average molecular weight is 345 g/mol. The van der Waals surface area contributed by atoms with E-state index in [1.165, 1.54) is 5.56 Å². The maximum Gasteiger partial charge on any atom is 0.227 e. The third-order valence-corrected chi connectivity index (χ3v) is 3.89. The molecule has 2 aromatic carbocycles. The van der Waals surface area contributed by atoms with Crippen LogP contribution in [0.15, 0.2) is 47.0 Å². The first-order valence-corrected chi connectivity index (χ1v) is 7.87. The van der Waals surface area contributed by atoms with Crippen molar-refractivity contribution in [2.24, 2.45) is 0 Å². The van der Waals surface area contributed by atoms with Crippen LogP contribution in [-0.4, -0.2) is 24.4 Å². The number of methoxy groups -OCH3 is 2. The highest BCUT2D eigenvalue weighted by atomic mass is 35.5. The van der Waals surface area contributed by atoms with E-state index in [0.29, 0.717) is 34.5 Å². The van der Waals surface area contributed by atoms with Gasteiger partial charge in [0.1, 0.15) is 11.5 Å². The summed E-state index contributed by atoms with van der Waals surface area (Å²) in [5.74, 6) is 2.54. The molecule has 0 aliphatic carbocycles. The fourth-order valence-corrected chi connectivity index (χ4v) is 2.54. The third kappa shape index (κ3) is 3.68. The summed E-state index contributed by atoms with van der Waals surface area (Å²) >= 11 is 6.04. The Labute approximate surface area is 145 Å². The smallest absolute Gasteiger partial charge is 0.227 e. The van der Waals surface area contributed by atoms with Gasteiger partial charge in [0.15, 0.2) is 0 Å². The molecular weight excluding hydrogens is 328 g/mol. The van der Waals surface area contributed by atoms with Gasteiger partial charge in [0.25, 0.3) is 0 Å². The van der Waals surface area contributed by atoms with Crippen LogP contribution in [0.1, 0.15) is 11.5 Å². The Bertz CT molecular complexity index is 815. The number of ether oxygens (including phenoxy) is 2. The van der Waals surface area contributed by atoms with E-state index in [2.05, 4.69) is 10.1 Å². The van der Waals surface area contributed by atoms with Gasteiger partial charge in [-0.15, -0.1) is 0 Å². The van der Waals surface area contributed by atoms with Gasteiger partial charge in [-0.1, -0.05) is 28.9 Å². The van der Waals surface area contributed by atoms with Gasteiger partial charge in [-0.2, -0.15) is 4.98 Å². The minimum absolute atomic E-state index is 0.471. The quantitative estimate of drug-likeness (QED) is 0.671. The van der Waals surface area contributed by atoms with Crippen LogP contribution in [-0.2, 0) is 12.8 Å². The molecule has 3 aromatic rings. The standard InChI is InChI=1S/C18H17ClN2O3/c1-22-14-7-3-12(4-8-14)5-10-17-20-18(21-24-17)15-11-13(19)6-9-16(15)23-2/h3-4,6-9,11H,5,10H2,1-2H3. The van der Waals surface area contributed by atoms with Gasteiger partial charge in [-0.05, 0) is 42.3 Å². The van der Waals surface area contributed by atoms with Gasteiger partial charge in [0, 0.05) is 11.4 Å². The number of halogens is 1. The molecule has 0 aliphatic rings. The molecule has 0 unspecified atom stereocenters. The molecule has 6 heteroatoms. The lowest BCUT2D eigenvalue weighted by molar-refractivity contribution is 0.378. The number of hydrogen-bond donors (Lipinski definition) is 0. The summed E-state index contributed by atoms with van der Waals surface area (Å²) < 4.78 is 15.8. The van der Waals surface area contributed by atoms with Gasteiger partial charge in [0.2, 0.25) is 11.7 Å². The molecule has 0 N–H and O–H groups in total. The van der Waals surface area contributed by atoms with Crippen molar-refractivity contribution in [2.45, 2.75) is 12.8 Å². The number of nitrogens with zero attached hydrogens (tertiary/aromatic N) is 2. The van der Waals surface area contributed by atoms with Crippen molar-refractivity contribution in [3.05, 3.63) is 58.9 Å². The lowest BCUT2D eigenvalue weighted by Crippen LogP contribution is -1.93. The lowest BCUT2D eigenvalue weighted by Gasteiger charge is -2.04. The summed E-state index contributed by atoms with van der Waals surface area (Å²) in [5, 5.41) is 4.62. The molecule has 0 radical (unpaired) electrons. The van der Waals surface area contributed by atoms with E-state index in [4.69, 9.17) is 25.6 Å². The van der Waals surface area contributed by atoms with Crippen molar-refractivity contribution in [3.8, 4) is 22.9 Å². The van der Waals surface area contributed by atoms with Gasteiger partial charge in [0.05, 0.1) is 19.8 Å². The molecule has 0 fully saturated rings. The Balaban J connectivity index is 1.72. The molecule has 0 spiro atoms. The minimum Gasteiger partial charge on any atom is -0.497 e. The van der Waals surface area contributed by atoms with E-state index < -0.39 is 0 Å². The zero-order valence-corrected chi connectivity index (χ0v) is 14.2. The van der Waals surface area contributed by atoms with Crippen LogP contribution < -0.4 is 9.47 Å². The van der Waals surface area contributed by atoms with E-state index in [9.17, 15) is 0 Å². The van der Waals surface area contributed by atoms with E-state index in [1.54, 1.807) is 32.4 Å². The highest BCUT2D eigenvalue weighted by molar-refractivity contribution is 6.30. The highest BCUT2D eigenvalue weighted by Gasteiger charge is 2.14. The van der Waals surface area contributed by atoms with Crippen LogP contribution in [0.2, 0.25) is 5.02 Å². The van der Waals surface area contributed by atoms with Crippen LogP contribution in [0.5, 0.6) is 11.5 Å². The first kappa shape index (κ1) is 16.3. The fraction of sp³-hybridized carbons (Fsp3) is 0.222. The molecule has 24 heavy (non-hydrogen) atoms. The molecule has 5 nitrogen and oxygen atoms in total. The summed E-state index contributed by atoms with van der Waals surface area (Å²) in [6.07, 6.45) is 1.46. The largest absolute Gasteiger partial charge is 0.497 e. The van der Waals surface area contributed by atoms with Crippen LogP contribution in [0.25, 0.3) is 11.4 Å². The molecule has 0 bridgehead atoms. The number of hydrogen-bond acceptors (Lipinski definition) is 5. The lowest BCUT2D eigenvalue weighted by atomic mass is 10.1. The van der Waals surface area contributed by atoms with Crippen LogP contribution in [0.3, 0.4) is 0 Å². The fourth-order valence-electron chi connectivity index (χ4n) is 2.36. The van der Waals surface area contributed by atoms with Crippen molar-refractivity contribution in [1.82, 2.24) is 10.1 Å². The topological polar surface area (TPSA) is 57.4 Å². The predicted molar refractivity (Wildman–Crippen MR) is 91.7 cm³/mol. The van der Waals surface area contributed by atoms with Crippen molar-refractivity contribution in [3.63, 3.8) is 0 Å². The normalized spacial score (nSPS) is 10.6. The second-order valence-electron chi connectivity index (χ2n) is 5.20. The Morgan fingerprint density at radius 3 is 2.50 bits per heavy atom. The zero-order valence-electron chi connectivity index (χ0n) is 13.5. The average Bonchev–Trinajstić information content (AvgIpc) is 3.09. The van der Waals surface area contributed by atoms with Gasteiger partial charge in [-0.3, -0.25) is 0 Å². The molecule has 1 heterocycles. The van der Waals surface area contributed by atoms with Gasteiger partial charge in [-0.25, -0.2) is 0 Å². The third-order valence-electron chi connectivity index (χ3n) is 3.66. The van der Waals surface area contributed by atoms with Gasteiger partial charge >= 0.3 is 0 Å². The number of rotatable bonds is 6. The SMILES string of the molecule is COc1ccc(CCc2nc(-c3cc(Cl)ccc3OC)no2)cc1. The molecule has 0 amide bonds. The molecular formula is C18H17ClN2O3. The molecule has 0 saturated carbocycles. The van der Waals surface area contributed by atoms with E-state index in [-0.39, 0.29) is 0 Å². The highest BCUT2D eigenvalue weighted by Crippen LogP contribution is 2.30. The molecule has 3 rings (SSSR count). The summed E-state index contributed by atoms with van der Waals surface area (Å²) in [5.41, 5.74) is 1.89. The molecule has 0 atom stereocenters. The number of benzene rings is 2.